The van der Waals surface area contributed by atoms with E-state index in [0.717, 1.165) is 37.4 Å². The molecule has 0 saturated carbocycles. The lowest BCUT2D eigenvalue weighted by Gasteiger charge is -2.26. The number of nitrogens with one attached hydrogen (secondary N) is 1. The number of thioether (sulfide) groups is 1. The van der Waals surface area contributed by atoms with Crippen molar-refractivity contribution in [3.8, 4) is 0 Å². The largest absolute Gasteiger partial charge is 0.469 e. The van der Waals surface area contributed by atoms with Crippen LogP contribution in [0.5, 0.6) is 0 Å². The fourth-order valence-corrected chi connectivity index (χ4v) is 2.47. The van der Waals surface area contributed by atoms with E-state index in [4.69, 9.17) is 0 Å². The highest BCUT2D eigenvalue weighted by molar-refractivity contribution is 7.99. The Morgan fingerprint density at radius 2 is 2.00 bits per heavy atom. The Hall–Kier alpha value is -0.910. The molecule has 0 aromatic carbocycles. The summed E-state index contributed by atoms with van der Waals surface area (Å²) < 4.78 is 4.54. The van der Waals surface area contributed by atoms with Gasteiger partial charge in [0, 0.05) is 37.6 Å². The summed E-state index contributed by atoms with van der Waals surface area (Å²) >= 11 is 1.88. The van der Waals surface area contributed by atoms with E-state index in [9.17, 15) is 9.59 Å². The van der Waals surface area contributed by atoms with Gasteiger partial charge in [0.15, 0.2) is 0 Å². The van der Waals surface area contributed by atoms with E-state index < -0.39 is 0 Å². The van der Waals surface area contributed by atoms with Crippen LogP contribution in [0.25, 0.3) is 0 Å². The fourth-order valence-electron chi connectivity index (χ4n) is 1.57. The van der Waals surface area contributed by atoms with Crippen LogP contribution >= 0.6 is 11.8 Å². The zero-order valence-electron chi connectivity index (χ0n) is 10.2. The second-order valence-electron chi connectivity index (χ2n) is 3.86. The molecule has 1 N–H and O–H groups in total. The van der Waals surface area contributed by atoms with Gasteiger partial charge < -0.3 is 15.0 Å². The normalized spacial score (nSPS) is 15.5. The number of urea groups is 1. The molecule has 1 aliphatic rings. The van der Waals surface area contributed by atoms with Gasteiger partial charge in [-0.1, -0.05) is 0 Å². The Labute approximate surface area is 106 Å². The molecule has 98 valence electrons. The maximum atomic E-state index is 11.7. The van der Waals surface area contributed by atoms with Crippen LogP contribution in [-0.2, 0) is 9.53 Å². The predicted octanol–water partition coefficient (Wildman–Crippen LogP) is 1.09. The molecule has 1 saturated heterocycles. The summed E-state index contributed by atoms with van der Waals surface area (Å²) in [5.41, 5.74) is 0. The Balaban J connectivity index is 2.01. The zero-order valence-corrected chi connectivity index (χ0v) is 11.1. The Morgan fingerprint density at radius 1 is 1.29 bits per heavy atom. The van der Waals surface area contributed by atoms with Gasteiger partial charge in [-0.3, -0.25) is 4.79 Å². The van der Waals surface area contributed by atoms with Crippen LogP contribution in [0.2, 0.25) is 0 Å². The summed E-state index contributed by atoms with van der Waals surface area (Å²) in [5.74, 6) is 1.86. The minimum atomic E-state index is -0.190. The summed E-state index contributed by atoms with van der Waals surface area (Å²) in [6.07, 6.45) is 1.99. The number of rotatable bonds is 5. The van der Waals surface area contributed by atoms with E-state index in [1.165, 1.54) is 7.11 Å². The van der Waals surface area contributed by atoms with E-state index in [1.54, 1.807) is 0 Å². The number of hydrogen-bond donors (Lipinski definition) is 1. The third-order valence-corrected chi connectivity index (χ3v) is 3.55. The average molecular weight is 260 g/mol. The van der Waals surface area contributed by atoms with Gasteiger partial charge in [0.25, 0.3) is 0 Å². The number of carbonyl (C=O) groups is 2. The molecule has 0 aliphatic carbocycles. The van der Waals surface area contributed by atoms with Crippen molar-refractivity contribution in [2.75, 3.05) is 38.2 Å². The molecule has 0 spiro atoms. The lowest BCUT2D eigenvalue weighted by Crippen LogP contribution is -2.44. The standard InChI is InChI=1S/C11H20N2O3S/c1-16-10(14)4-2-3-5-12-11(15)13-6-8-17-9-7-13/h2-9H2,1H3,(H,12,15). The molecule has 5 nitrogen and oxygen atoms in total. The van der Waals surface area contributed by atoms with Gasteiger partial charge in [0.2, 0.25) is 0 Å². The smallest absolute Gasteiger partial charge is 0.317 e. The maximum absolute atomic E-state index is 11.7. The molecule has 0 atom stereocenters. The second kappa shape index (κ2) is 8.22. The Kier molecular flexibility index (Phi) is 6.84. The van der Waals surface area contributed by atoms with Crippen molar-refractivity contribution in [2.24, 2.45) is 0 Å². The molecule has 0 radical (unpaired) electrons. The SMILES string of the molecule is COC(=O)CCCCNC(=O)N1CCSCC1. The van der Waals surface area contributed by atoms with Crippen LogP contribution < -0.4 is 5.32 Å². The lowest BCUT2D eigenvalue weighted by molar-refractivity contribution is -0.140. The zero-order chi connectivity index (χ0) is 12.5. The highest BCUT2D eigenvalue weighted by Crippen LogP contribution is 2.08. The van der Waals surface area contributed by atoms with Gasteiger partial charge in [-0.2, -0.15) is 11.8 Å². The van der Waals surface area contributed by atoms with Crippen LogP contribution in [0, 0.1) is 0 Å². The monoisotopic (exact) mass is 260 g/mol. The molecular weight excluding hydrogens is 240 g/mol. The molecule has 2 amide bonds. The lowest BCUT2D eigenvalue weighted by atomic mass is 10.2. The summed E-state index contributed by atoms with van der Waals surface area (Å²) in [4.78, 5) is 24.3. The Morgan fingerprint density at radius 3 is 2.65 bits per heavy atom. The number of carbonyl (C=O) groups excluding carboxylic acids is 2. The number of hydrogen-bond acceptors (Lipinski definition) is 4. The summed E-state index contributed by atoms with van der Waals surface area (Å²) in [5, 5.41) is 2.87. The molecule has 0 bridgehead atoms. The van der Waals surface area contributed by atoms with Crippen molar-refractivity contribution in [1.29, 1.82) is 0 Å². The van der Waals surface area contributed by atoms with Crippen LogP contribution in [0.3, 0.4) is 0 Å². The molecule has 0 aromatic heterocycles. The molecule has 1 fully saturated rings. The van der Waals surface area contributed by atoms with Gasteiger partial charge in [0.05, 0.1) is 7.11 Å². The van der Waals surface area contributed by atoms with Crippen LogP contribution in [-0.4, -0.2) is 55.2 Å². The Bertz CT molecular complexity index is 255. The third kappa shape index (κ3) is 5.81. The van der Waals surface area contributed by atoms with Gasteiger partial charge in [0.1, 0.15) is 0 Å². The van der Waals surface area contributed by atoms with Crippen molar-refractivity contribution >= 4 is 23.8 Å². The van der Waals surface area contributed by atoms with E-state index in [1.807, 2.05) is 16.7 Å². The number of amides is 2. The number of esters is 1. The van der Waals surface area contributed by atoms with Crippen LogP contribution in [0.1, 0.15) is 19.3 Å². The van der Waals surface area contributed by atoms with Crippen molar-refractivity contribution in [3.05, 3.63) is 0 Å². The first-order valence-corrected chi connectivity index (χ1v) is 7.07. The van der Waals surface area contributed by atoms with Gasteiger partial charge >= 0.3 is 12.0 Å². The molecule has 17 heavy (non-hydrogen) atoms. The second-order valence-corrected chi connectivity index (χ2v) is 5.09. The molecule has 1 rings (SSSR count). The van der Waals surface area contributed by atoms with Crippen molar-refractivity contribution in [1.82, 2.24) is 10.2 Å². The first-order chi connectivity index (χ1) is 8.24. The van der Waals surface area contributed by atoms with Gasteiger partial charge in [-0.15, -0.1) is 0 Å². The molecule has 1 heterocycles. The highest BCUT2D eigenvalue weighted by Gasteiger charge is 2.15. The van der Waals surface area contributed by atoms with Crippen LogP contribution in [0.4, 0.5) is 4.79 Å². The summed E-state index contributed by atoms with van der Waals surface area (Å²) in [6.45, 7) is 2.29. The van der Waals surface area contributed by atoms with Gasteiger partial charge in [-0.05, 0) is 12.8 Å². The molecule has 0 unspecified atom stereocenters. The van der Waals surface area contributed by atoms with Crippen molar-refractivity contribution in [3.63, 3.8) is 0 Å². The number of unbranched alkanes of at least 4 members (excludes halogenated alkanes) is 1. The van der Waals surface area contributed by atoms with E-state index >= 15 is 0 Å². The molecular formula is C11H20N2O3S. The molecule has 1 aliphatic heterocycles. The topological polar surface area (TPSA) is 58.6 Å². The summed E-state index contributed by atoms with van der Waals surface area (Å²) in [7, 11) is 1.39. The maximum Gasteiger partial charge on any atom is 0.317 e. The van der Waals surface area contributed by atoms with Crippen LogP contribution in [0.15, 0.2) is 0 Å². The minimum Gasteiger partial charge on any atom is -0.469 e. The first-order valence-electron chi connectivity index (χ1n) is 5.91. The number of nitrogens with zero attached hydrogens (tertiary/aromatic N) is 1. The van der Waals surface area contributed by atoms with Crippen molar-refractivity contribution < 1.29 is 14.3 Å². The molecule has 6 heteroatoms. The summed E-state index contributed by atoms with van der Waals surface area (Å²) in [6, 6.07) is 0.0170. The first kappa shape index (κ1) is 14.2. The van der Waals surface area contributed by atoms with Gasteiger partial charge in [-0.25, -0.2) is 4.79 Å². The van der Waals surface area contributed by atoms with E-state index in [0.29, 0.717) is 13.0 Å². The van der Waals surface area contributed by atoms with E-state index in [-0.39, 0.29) is 12.0 Å². The third-order valence-electron chi connectivity index (χ3n) is 2.61. The van der Waals surface area contributed by atoms with E-state index in [2.05, 4.69) is 10.1 Å². The minimum absolute atomic E-state index is 0.0170. The number of ether oxygens (including phenoxy) is 1. The predicted molar refractivity (Wildman–Crippen MR) is 68.2 cm³/mol. The molecule has 0 aromatic rings. The van der Waals surface area contributed by atoms with Crippen molar-refractivity contribution in [2.45, 2.75) is 19.3 Å². The quantitative estimate of drug-likeness (QED) is 0.594. The average Bonchev–Trinajstić information content (AvgIpc) is 2.38. The number of methoxy groups -OCH3 is 1. The fraction of sp³-hybridized carbons (Fsp3) is 0.818. The highest BCUT2D eigenvalue weighted by atomic mass is 32.2.